The molecule has 0 radical (unpaired) electrons. The van der Waals surface area contributed by atoms with Gasteiger partial charge < -0.3 is 4.42 Å². The number of furan rings is 1. The molecule has 0 spiro atoms. The lowest BCUT2D eigenvalue weighted by atomic mass is 9.78. The van der Waals surface area contributed by atoms with E-state index in [1.165, 1.54) is 50.1 Å². The lowest BCUT2D eigenvalue weighted by molar-refractivity contribution is 0.518. The summed E-state index contributed by atoms with van der Waals surface area (Å²) in [6.07, 6.45) is 4.33. The van der Waals surface area contributed by atoms with Crippen LogP contribution in [0.3, 0.4) is 0 Å². The molecule has 3 aromatic rings. The molecule has 0 atom stereocenters. The zero-order chi connectivity index (χ0) is 23.4. The van der Waals surface area contributed by atoms with Gasteiger partial charge in [0.2, 0.25) is 0 Å². The van der Waals surface area contributed by atoms with E-state index in [2.05, 4.69) is 97.9 Å². The molecule has 0 fully saturated rings. The Hall–Kier alpha value is -2.54. The fraction of sp³-hybridized carbons (Fsp3) is 0.419. The first kappa shape index (κ1) is 22.6. The van der Waals surface area contributed by atoms with E-state index in [1.807, 2.05) is 6.92 Å². The molecule has 0 unspecified atom stereocenters. The fourth-order valence-electron chi connectivity index (χ4n) is 4.62. The summed E-state index contributed by atoms with van der Waals surface area (Å²) >= 11 is 0. The van der Waals surface area contributed by atoms with Gasteiger partial charge in [0.05, 0.1) is 0 Å². The van der Waals surface area contributed by atoms with Gasteiger partial charge in [0.25, 0.3) is 0 Å². The Kier molecular flexibility index (Phi) is 5.52. The molecule has 1 aromatic heterocycles. The minimum absolute atomic E-state index is 0.102. The summed E-state index contributed by atoms with van der Waals surface area (Å²) in [4.78, 5) is 0. The van der Waals surface area contributed by atoms with Crippen LogP contribution in [0.25, 0.3) is 22.8 Å². The third-order valence-corrected chi connectivity index (χ3v) is 6.94. The largest absolute Gasteiger partial charge is 0.461 e. The van der Waals surface area contributed by atoms with Gasteiger partial charge in [-0.1, -0.05) is 78.8 Å². The van der Waals surface area contributed by atoms with Crippen molar-refractivity contribution in [3.63, 3.8) is 0 Å². The minimum Gasteiger partial charge on any atom is -0.461 e. The van der Waals surface area contributed by atoms with Gasteiger partial charge in [0.15, 0.2) is 0 Å². The second kappa shape index (κ2) is 7.80. The zero-order valence-corrected chi connectivity index (χ0v) is 21.4. The van der Waals surface area contributed by atoms with Crippen LogP contribution < -0.4 is 0 Å². The van der Waals surface area contributed by atoms with Gasteiger partial charge in [-0.2, -0.15) is 0 Å². The number of aryl methyl sites for hydroxylation is 3. The van der Waals surface area contributed by atoms with Crippen molar-refractivity contribution >= 4 is 11.6 Å². The molecule has 0 amide bonds. The Morgan fingerprint density at radius 2 is 1.47 bits per heavy atom. The summed E-state index contributed by atoms with van der Waals surface area (Å²) in [6.45, 7) is 20.3. The molecule has 1 heteroatoms. The highest BCUT2D eigenvalue weighted by atomic mass is 16.3. The zero-order valence-electron chi connectivity index (χ0n) is 21.4. The highest BCUT2D eigenvalue weighted by molar-refractivity contribution is 5.94. The molecular weight excluding hydrogens is 388 g/mol. The SMILES string of the molecule is CCc1ccc2c(c1-c1cc(C(C)(C)C)cc(C(C)(C)C)c1)C=C(c1cc(C)c(C)o1)C2. The predicted molar refractivity (Wildman–Crippen MR) is 138 cm³/mol. The Bertz CT molecular complexity index is 1150. The molecule has 4 rings (SSSR count). The minimum atomic E-state index is 0.102. The van der Waals surface area contributed by atoms with Crippen LogP contribution in [0.5, 0.6) is 0 Å². The third kappa shape index (κ3) is 4.10. The summed E-state index contributed by atoms with van der Waals surface area (Å²) in [6, 6.07) is 14.1. The molecule has 1 aliphatic carbocycles. The molecule has 168 valence electrons. The van der Waals surface area contributed by atoms with Crippen LogP contribution in [0.15, 0.2) is 40.8 Å². The number of benzene rings is 2. The van der Waals surface area contributed by atoms with Gasteiger partial charge in [-0.25, -0.2) is 0 Å². The molecule has 0 aliphatic heterocycles. The van der Waals surface area contributed by atoms with Crippen molar-refractivity contribution in [1.29, 1.82) is 0 Å². The molecule has 0 saturated heterocycles. The third-order valence-electron chi connectivity index (χ3n) is 6.94. The van der Waals surface area contributed by atoms with Crippen LogP contribution in [0.2, 0.25) is 0 Å². The predicted octanol–water partition coefficient (Wildman–Crippen LogP) is 8.82. The van der Waals surface area contributed by atoms with Crippen molar-refractivity contribution in [2.45, 2.75) is 86.0 Å². The van der Waals surface area contributed by atoms with Crippen LogP contribution in [-0.4, -0.2) is 0 Å². The van der Waals surface area contributed by atoms with Crippen molar-refractivity contribution in [1.82, 2.24) is 0 Å². The monoisotopic (exact) mass is 426 g/mol. The van der Waals surface area contributed by atoms with Crippen molar-refractivity contribution in [2.24, 2.45) is 0 Å². The summed E-state index contributed by atoms with van der Waals surface area (Å²) in [7, 11) is 0. The van der Waals surface area contributed by atoms with Crippen LogP contribution in [0.1, 0.15) is 93.4 Å². The summed E-state index contributed by atoms with van der Waals surface area (Å²) in [5.41, 5.74) is 12.4. The molecule has 2 aromatic carbocycles. The molecule has 1 nitrogen and oxygen atoms in total. The number of rotatable bonds is 3. The van der Waals surface area contributed by atoms with E-state index in [4.69, 9.17) is 4.42 Å². The Morgan fingerprint density at radius 3 is 1.97 bits per heavy atom. The molecule has 0 N–H and O–H groups in total. The van der Waals surface area contributed by atoms with E-state index in [1.54, 1.807) is 0 Å². The first-order valence-corrected chi connectivity index (χ1v) is 12.0. The second-order valence-corrected chi connectivity index (χ2v) is 11.5. The quantitative estimate of drug-likeness (QED) is 0.408. The fourth-order valence-corrected chi connectivity index (χ4v) is 4.62. The van der Waals surface area contributed by atoms with Crippen molar-refractivity contribution < 1.29 is 4.42 Å². The van der Waals surface area contributed by atoms with E-state index >= 15 is 0 Å². The van der Waals surface area contributed by atoms with Gasteiger partial charge in [-0.15, -0.1) is 0 Å². The number of fused-ring (bicyclic) bond motifs is 1. The topological polar surface area (TPSA) is 13.1 Å². The summed E-state index contributed by atoms with van der Waals surface area (Å²) in [5, 5.41) is 0. The lowest BCUT2D eigenvalue weighted by Gasteiger charge is -2.27. The maximum atomic E-state index is 6.09. The smallest absolute Gasteiger partial charge is 0.130 e. The van der Waals surface area contributed by atoms with Gasteiger partial charge in [-0.3, -0.25) is 0 Å². The molecule has 32 heavy (non-hydrogen) atoms. The maximum absolute atomic E-state index is 6.09. The highest BCUT2D eigenvalue weighted by Crippen LogP contribution is 2.42. The van der Waals surface area contributed by atoms with Crippen LogP contribution >= 0.6 is 0 Å². The van der Waals surface area contributed by atoms with Crippen molar-refractivity contribution in [2.75, 3.05) is 0 Å². The van der Waals surface area contributed by atoms with E-state index in [0.717, 1.165) is 24.4 Å². The molecular formula is C31H38O. The van der Waals surface area contributed by atoms with E-state index < -0.39 is 0 Å². The van der Waals surface area contributed by atoms with E-state index in [0.29, 0.717) is 0 Å². The highest BCUT2D eigenvalue weighted by Gasteiger charge is 2.25. The Morgan fingerprint density at radius 1 is 0.844 bits per heavy atom. The molecule has 1 aliphatic rings. The van der Waals surface area contributed by atoms with Crippen molar-refractivity contribution in [3.05, 3.63) is 81.3 Å². The van der Waals surface area contributed by atoms with Gasteiger partial charge in [0, 0.05) is 6.42 Å². The summed E-state index contributed by atoms with van der Waals surface area (Å²) < 4.78 is 6.09. The first-order valence-electron chi connectivity index (χ1n) is 12.0. The number of hydrogen-bond donors (Lipinski definition) is 0. The normalized spacial score (nSPS) is 14.0. The van der Waals surface area contributed by atoms with E-state index in [9.17, 15) is 0 Å². The molecule has 1 heterocycles. The maximum Gasteiger partial charge on any atom is 0.130 e. The average molecular weight is 427 g/mol. The lowest BCUT2D eigenvalue weighted by Crippen LogP contribution is -2.16. The van der Waals surface area contributed by atoms with Crippen LogP contribution in [-0.2, 0) is 23.7 Å². The Balaban J connectivity index is 1.95. The Labute approximate surface area is 194 Å². The van der Waals surface area contributed by atoms with Gasteiger partial charge in [-0.05, 0) is 93.3 Å². The van der Waals surface area contributed by atoms with Crippen molar-refractivity contribution in [3.8, 4) is 11.1 Å². The van der Waals surface area contributed by atoms with Crippen LogP contribution in [0.4, 0.5) is 0 Å². The molecule has 0 bridgehead atoms. The second-order valence-electron chi connectivity index (χ2n) is 11.5. The summed E-state index contributed by atoms with van der Waals surface area (Å²) in [5.74, 6) is 2.03. The van der Waals surface area contributed by atoms with Gasteiger partial charge in [0.1, 0.15) is 11.5 Å². The average Bonchev–Trinajstić information content (AvgIpc) is 3.28. The standard InChI is InChI=1S/C31H38O/c1-10-21-11-12-22-14-23(28-13-19(2)20(3)32-28)17-27(22)29(21)24-15-25(30(4,5)6)18-26(16-24)31(7,8)9/h11-13,15-18H,10,14H2,1-9H3. The number of allylic oxidation sites excluding steroid dienone is 1. The first-order chi connectivity index (χ1) is 14.9. The molecule has 0 saturated carbocycles. The number of hydrogen-bond acceptors (Lipinski definition) is 1. The van der Waals surface area contributed by atoms with Gasteiger partial charge >= 0.3 is 0 Å². The van der Waals surface area contributed by atoms with Crippen LogP contribution in [0, 0.1) is 13.8 Å². The van der Waals surface area contributed by atoms with E-state index in [-0.39, 0.29) is 10.8 Å².